The van der Waals surface area contributed by atoms with E-state index in [0.717, 1.165) is 5.56 Å². The highest BCUT2D eigenvalue weighted by atomic mass is 79.9. The minimum Gasteiger partial charge on any atom is -0.493 e. The fourth-order valence-corrected chi connectivity index (χ4v) is 3.41. The predicted octanol–water partition coefficient (Wildman–Crippen LogP) is 4.53. The van der Waals surface area contributed by atoms with Crippen molar-refractivity contribution in [3.8, 4) is 11.5 Å². The van der Waals surface area contributed by atoms with Gasteiger partial charge in [-0.1, -0.05) is 12.1 Å². The molecule has 6 nitrogen and oxygen atoms in total. The van der Waals surface area contributed by atoms with Crippen molar-refractivity contribution in [1.82, 2.24) is 0 Å². The van der Waals surface area contributed by atoms with E-state index >= 15 is 0 Å². The van der Waals surface area contributed by atoms with Crippen LogP contribution in [0.3, 0.4) is 0 Å². The third kappa shape index (κ3) is 7.15. The number of aliphatic hydroxyl groups excluding tert-OH is 1. The topological polar surface area (TPSA) is 82.1 Å². The van der Waals surface area contributed by atoms with Crippen molar-refractivity contribution in [2.75, 3.05) is 26.4 Å². The Labute approximate surface area is 185 Å². The van der Waals surface area contributed by atoms with Crippen molar-refractivity contribution in [2.24, 2.45) is 0 Å². The number of halogens is 1. The average Bonchev–Trinajstić information content (AvgIpc) is 2.73. The molecule has 162 valence electrons. The average molecular weight is 479 g/mol. The number of Topliss-reactive ketones (excluding diaryl/α,β-unsaturated/α-hetero) is 1. The lowest BCUT2D eigenvalue weighted by atomic mass is 9.92. The Hall–Kier alpha value is -2.38. The summed E-state index contributed by atoms with van der Waals surface area (Å²) in [5.74, 6) is 0.745. The maximum atomic E-state index is 11.7. The maximum Gasteiger partial charge on any atom is 0.338 e. The summed E-state index contributed by atoms with van der Waals surface area (Å²) >= 11 is 3.41. The van der Waals surface area contributed by atoms with Crippen LogP contribution in [-0.2, 0) is 9.53 Å². The zero-order valence-corrected chi connectivity index (χ0v) is 18.8. The second-order valence-electron chi connectivity index (χ2n) is 6.66. The lowest BCUT2D eigenvalue weighted by molar-refractivity contribution is -0.118. The fraction of sp³-hybridized carbons (Fsp3) is 0.391. The summed E-state index contributed by atoms with van der Waals surface area (Å²) in [5.41, 5.74) is 1.34. The van der Waals surface area contributed by atoms with Gasteiger partial charge in [-0.25, -0.2) is 4.79 Å². The molecule has 0 aromatic heterocycles. The number of carbonyl (C=O) groups is 2. The molecule has 1 unspecified atom stereocenters. The Balaban J connectivity index is 1.77. The van der Waals surface area contributed by atoms with Crippen LogP contribution >= 0.6 is 15.9 Å². The Kier molecular flexibility index (Phi) is 9.83. The molecule has 0 amide bonds. The van der Waals surface area contributed by atoms with E-state index in [-0.39, 0.29) is 24.3 Å². The number of hydrogen-bond donors (Lipinski definition) is 1. The second-order valence-corrected chi connectivity index (χ2v) is 7.52. The van der Waals surface area contributed by atoms with Crippen LogP contribution in [0.1, 0.15) is 48.5 Å². The molecule has 1 atom stereocenters. The van der Waals surface area contributed by atoms with Gasteiger partial charge in [-0.3, -0.25) is 4.79 Å². The van der Waals surface area contributed by atoms with Crippen LogP contribution < -0.4 is 9.47 Å². The molecular weight excluding hydrogens is 452 g/mol. The second kappa shape index (κ2) is 12.3. The minimum atomic E-state index is -0.366. The number of esters is 1. The first-order valence-electron chi connectivity index (χ1n) is 9.89. The zero-order valence-electron chi connectivity index (χ0n) is 17.2. The van der Waals surface area contributed by atoms with Gasteiger partial charge in [0.15, 0.2) is 0 Å². The van der Waals surface area contributed by atoms with Gasteiger partial charge >= 0.3 is 5.97 Å². The molecule has 0 radical (unpaired) electrons. The first-order valence-corrected chi connectivity index (χ1v) is 10.7. The SMILES string of the molecule is CCOC(=O)c1ccc(OCCCOc2ccc(C(CCO)C(C)=O)cc2)c(Br)c1. The quantitative estimate of drug-likeness (QED) is 0.356. The predicted molar refractivity (Wildman–Crippen MR) is 117 cm³/mol. The lowest BCUT2D eigenvalue weighted by Crippen LogP contribution is -2.10. The van der Waals surface area contributed by atoms with Crippen molar-refractivity contribution in [3.05, 3.63) is 58.1 Å². The van der Waals surface area contributed by atoms with Crippen molar-refractivity contribution in [1.29, 1.82) is 0 Å². The number of aliphatic hydroxyl groups is 1. The van der Waals surface area contributed by atoms with Gasteiger partial charge in [0.25, 0.3) is 0 Å². The molecule has 0 spiro atoms. The molecule has 0 aliphatic carbocycles. The molecule has 2 aromatic rings. The van der Waals surface area contributed by atoms with Gasteiger partial charge in [0.2, 0.25) is 0 Å². The van der Waals surface area contributed by atoms with E-state index in [2.05, 4.69) is 15.9 Å². The van der Waals surface area contributed by atoms with E-state index in [1.165, 1.54) is 6.92 Å². The lowest BCUT2D eigenvalue weighted by Gasteiger charge is -2.14. The highest BCUT2D eigenvalue weighted by Crippen LogP contribution is 2.27. The van der Waals surface area contributed by atoms with E-state index in [1.54, 1.807) is 25.1 Å². The molecule has 0 saturated heterocycles. The fourth-order valence-electron chi connectivity index (χ4n) is 2.92. The van der Waals surface area contributed by atoms with Crippen LogP contribution in [-0.4, -0.2) is 43.3 Å². The Bertz CT molecular complexity index is 834. The Morgan fingerprint density at radius 1 is 1.07 bits per heavy atom. The first kappa shape index (κ1) is 23.9. The first-order chi connectivity index (χ1) is 14.5. The van der Waals surface area contributed by atoms with E-state index in [0.29, 0.717) is 54.2 Å². The summed E-state index contributed by atoms with van der Waals surface area (Å²) in [6.07, 6.45) is 1.09. The molecule has 0 saturated carbocycles. The number of ketones is 1. The summed E-state index contributed by atoms with van der Waals surface area (Å²) in [6.45, 7) is 4.54. The third-order valence-corrected chi connectivity index (χ3v) is 5.07. The van der Waals surface area contributed by atoms with Crippen LogP contribution in [0.2, 0.25) is 0 Å². The number of ether oxygens (including phenoxy) is 3. The highest BCUT2D eigenvalue weighted by Gasteiger charge is 2.16. The minimum absolute atomic E-state index is 0.0236. The Morgan fingerprint density at radius 3 is 2.37 bits per heavy atom. The number of rotatable bonds is 12. The van der Waals surface area contributed by atoms with Crippen LogP contribution in [0.5, 0.6) is 11.5 Å². The van der Waals surface area contributed by atoms with Crippen LogP contribution in [0.4, 0.5) is 0 Å². The summed E-state index contributed by atoms with van der Waals surface area (Å²) in [5, 5.41) is 9.11. The normalized spacial score (nSPS) is 11.6. The van der Waals surface area contributed by atoms with E-state index < -0.39 is 0 Å². The van der Waals surface area contributed by atoms with E-state index in [1.807, 2.05) is 24.3 Å². The van der Waals surface area contributed by atoms with Crippen molar-refractivity contribution < 1.29 is 28.9 Å². The molecule has 0 fully saturated rings. The van der Waals surface area contributed by atoms with Gasteiger partial charge in [-0.15, -0.1) is 0 Å². The summed E-state index contributed by atoms with van der Waals surface area (Å²) in [7, 11) is 0. The molecule has 30 heavy (non-hydrogen) atoms. The van der Waals surface area contributed by atoms with Crippen LogP contribution in [0.25, 0.3) is 0 Å². The molecular formula is C23H27BrO6. The molecule has 0 aliphatic rings. The molecule has 1 N–H and O–H groups in total. The summed E-state index contributed by atoms with van der Waals surface area (Å²) in [6, 6.07) is 12.4. The monoisotopic (exact) mass is 478 g/mol. The summed E-state index contributed by atoms with van der Waals surface area (Å²) in [4.78, 5) is 23.4. The van der Waals surface area contributed by atoms with Gasteiger partial charge < -0.3 is 19.3 Å². The van der Waals surface area contributed by atoms with Gasteiger partial charge in [0.1, 0.15) is 17.3 Å². The van der Waals surface area contributed by atoms with Gasteiger partial charge in [-0.05, 0) is 72.1 Å². The van der Waals surface area contributed by atoms with E-state index in [4.69, 9.17) is 19.3 Å². The van der Waals surface area contributed by atoms with E-state index in [9.17, 15) is 9.59 Å². The van der Waals surface area contributed by atoms with Gasteiger partial charge in [0, 0.05) is 18.9 Å². The highest BCUT2D eigenvalue weighted by molar-refractivity contribution is 9.10. The zero-order chi connectivity index (χ0) is 21.9. The molecule has 2 rings (SSSR count). The molecule has 0 aliphatic heterocycles. The summed E-state index contributed by atoms with van der Waals surface area (Å²) < 4.78 is 17.1. The molecule has 2 aromatic carbocycles. The maximum absolute atomic E-state index is 11.7. The van der Waals surface area contributed by atoms with Gasteiger partial charge in [0.05, 0.1) is 29.9 Å². The molecule has 7 heteroatoms. The van der Waals surface area contributed by atoms with Crippen molar-refractivity contribution in [2.45, 2.75) is 32.6 Å². The molecule has 0 heterocycles. The van der Waals surface area contributed by atoms with Gasteiger partial charge in [-0.2, -0.15) is 0 Å². The number of hydrogen-bond acceptors (Lipinski definition) is 6. The number of carbonyl (C=O) groups excluding carboxylic acids is 2. The van der Waals surface area contributed by atoms with Crippen LogP contribution in [0.15, 0.2) is 46.9 Å². The molecule has 0 bridgehead atoms. The third-order valence-electron chi connectivity index (χ3n) is 4.45. The number of benzene rings is 2. The smallest absolute Gasteiger partial charge is 0.338 e. The van der Waals surface area contributed by atoms with Crippen LogP contribution in [0, 0.1) is 0 Å². The largest absolute Gasteiger partial charge is 0.493 e. The van der Waals surface area contributed by atoms with Crippen molar-refractivity contribution in [3.63, 3.8) is 0 Å². The Morgan fingerprint density at radius 2 is 1.77 bits per heavy atom. The standard InChI is InChI=1S/C23H27BrO6/c1-3-28-23(27)18-7-10-22(21(24)15-18)30-14-4-13-29-19-8-5-17(6-9-19)20(11-12-25)16(2)26/h5-10,15,20,25H,3-4,11-14H2,1-2H3. The van der Waals surface area contributed by atoms with Crippen molar-refractivity contribution >= 4 is 27.7 Å².